The number of nitrogens with zero attached hydrogens (tertiary/aromatic N) is 2. The maximum atomic E-state index is 12.9. The molecule has 3 rings (SSSR count). The highest BCUT2D eigenvalue weighted by atomic mass is 16.6. The third kappa shape index (κ3) is 5.68. The van der Waals surface area contributed by atoms with Crippen LogP contribution in [0.15, 0.2) is 79.1 Å². The molecule has 0 aliphatic heterocycles. The molecule has 1 amide bonds. The van der Waals surface area contributed by atoms with E-state index in [1.54, 1.807) is 11.1 Å². The zero-order chi connectivity index (χ0) is 20.0. The van der Waals surface area contributed by atoms with Gasteiger partial charge in [0, 0.05) is 6.20 Å². The molecule has 0 fully saturated rings. The van der Waals surface area contributed by atoms with Gasteiger partial charge >= 0.3 is 6.09 Å². The largest absolute Gasteiger partial charge is 0.443 e. The molecule has 0 aliphatic rings. The summed E-state index contributed by atoms with van der Waals surface area (Å²) in [6, 6.07) is 22.1. The second-order valence-corrected chi connectivity index (χ2v) is 7.77. The predicted octanol–water partition coefficient (Wildman–Crippen LogP) is 5.61. The van der Waals surface area contributed by atoms with Gasteiger partial charge in [-0.3, -0.25) is 9.88 Å². The topological polar surface area (TPSA) is 42.4 Å². The lowest BCUT2D eigenvalue weighted by atomic mass is 10.1. The van der Waals surface area contributed by atoms with Crippen LogP contribution in [0, 0.1) is 0 Å². The normalized spacial score (nSPS) is 11.1. The number of amides is 1. The van der Waals surface area contributed by atoms with Crippen LogP contribution in [0.25, 0.3) is 0 Å². The summed E-state index contributed by atoms with van der Waals surface area (Å²) >= 11 is 0. The lowest BCUT2D eigenvalue weighted by molar-refractivity contribution is 0.0577. The van der Waals surface area contributed by atoms with Crippen molar-refractivity contribution in [3.8, 4) is 0 Å². The minimum Gasteiger partial charge on any atom is -0.443 e. The maximum absolute atomic E-state index is 12.9. The number of hydrogen-bond acceptors (Lipinski definition) is 3. The Balaban J connectivity index is 1.88. The van der Waals surface area contributed by atoms with Gasteiger partial charge in [0.05, 0.1) is 18.4 Å². The Morgan fingerprint density at radius 1 is 0.893 bits per heavy atom. The summed E-state index contributed by atoms with van der Waals surface area (Å²) < 4.78 is 5.64. The SMILES string of the molecule is CC(C)(C)OC(=O)N(Cc1ccccc1)c1cncc(Cc2ccccc2)c1. The minimum atomic E-state index is -0.568. The summed E-state index contributed by atoms with van der Waals surface area (Å²) in [5, 5.41) is 0. The van der Waals surface area contributed by atoms with Crippen molar-refractivity contribution in [2.24, 2.45) is 0 Å². The Kier molecular flexibility index (Phi) is 6.09. The van der Waals surface area contributed by atoms with E-state index in [-0.39, 0.29) is 6.09 Å². The first-order valence-corrected chi connectivity index (χ1v) is 9.43. The first-order valence-electron chi connectivity index (χ1n) is 9.43. The fraction of sp³-hybridized carbons (Fsp3) is 0.250. The summed E-state index contributed by atoms with van der Waals surface area (Å²) in [6.45, 7) is 6.03. The van der Waals surface area contributed by atoms with Crippen LogP contribution >= 0.6 is 0 Å². The number of rotatable bonds is 5. The Morgan fingerprint density at radius 2 is 1.50 bits per heavy atom. The fourth-order valence-corrected chi connectivity index (χ4v) is 2.89. The molecule has 0 radical (unpaired) electrons. The van der Waals surface area contributed by atoms with E-state index in [1.807, 2.05) is 81.6 Å². The third-order valence-electron chi connectivity index (χ3n) is 4.14. The van der Waals surface area contributed by atoms with Gasteiger partial charge in [0.15, 0.2) is 0 Å². The van der Waals surface area contributed by atoms with Gasteiger partial charge in [-0.1, -0.05) is 60.7 Å². The zero-order valence-electron chi connectivity index (χ0n) is 16.6. The summed E-state index contributed by atoms with van der Waals surface area (Å²) in [5.74, 6) is 0. The van der Waals surface area contributed by atoms with Crippen LogP contribution in [0.3, 0.4) is 0 Å². The summed E-state index contributed by atoms with van der Waals surface area (Å²) in [5.41, 5.74) is 3.44. The van der Waals surface area contributed by atoms with Crippen molar-refractivity contribution in [2.75, 3.05) is 4.90 Å². The molecule has 4 nitrogen and oxygen atoms in total. The first kappa shape index (κ1) is 19.6. The molecule has 0 bridgehead atoms. The third-order valence-corrected chi connectivity index (χ3v) is 4.14. The number of carbonyl (C=O) groups excluding carboxylic acids is 1. The Hall–Kier alpha value is -3.14. The Bertz CT molecular complexity index is 903. The quantitative estimate of drug-likeness (QED) is 0.582. The van der Waals surface area contributed by atoms with E-state index in [1.165, 1.54) is 5.56 Å². The molecule has 4 heteroatoms. The van der Waals surface area contributed by atoms with E-state index in [4.69, 9.17) is 4.74 Å². The molecule has 0 atom stereocenters. The summed E-state index contributed by atoms with van der Waals surface area (Å²) in [4.78, 5) is 18.9. The van der Waals surface area contributed by atoms with E-state index < -0.39 is 5.60 Å². The molecule has 3 aromatic rings. The second kappa shape index (κ2) is 8.70. The highest BCUT2D eigenvalue weighted by Gasteiger charge is 2.24. The van der Waals surface area contributed by atoms with Crippen LogP contribution in [-0.2, 0) is 17.7 Å². The van der Waals surface area contributed by atoms with Crippen molar-refractivity contribution < 1.29 is 9.53 Å². The Labute approximate surface area is 166 Å². The van der Waals surface area contributed by atoms with Gasteiger partial charge in [-0.2, -0.15) is 0 Å². The van der Waals surface area contributed by atoms with Crippen LogP contribution in [0.2, 0.25) is 0 Å². The van der Waals surface area contributed by atoms with E-state index in [9.17, 15) is 4.79 Å². The molecule has 144 valence electrons. The van der Waals surface area contributed by atoms with Crippen LogP contribution in [0.5, 0.6) is 0 Å². The fourth-order valence-electron chi connectivity index (χ4n) is 2.89. The number of anilines is 1. The second-order valence-electron chi connectivity index (χ2n) is 7.77. The van der Waals surface area contributed by atoms with Gasteiger partial charge in [-0.05, 0) is 49.9 Å². The molecule has 0 spiro atoms. The molecule has 1 aromatic heterocycles. The monoisotopic (exact) mass is 374 g/mol. The van der Waals surface area contributed by atoms with E-state index in [2.05, 4.69) is 17.1 Å². The minimum absolute atomic E-state index is 0.380. The number of pyridine rings is 1. The van der Waals surface area contributed by atoms with Crippen molar-refractivity contribution in [1.29, 1.82) is 0 Å². The van der Waals surface area contributed by atoms with Crippen molar-refractivity contribution >= 4 is 11.8 Å². The lowest BCUT2D eigenvalue weighted by Crippen LogP contribution is -2.36. The Morgan fingerprint density at radius 3 is 2.11 bits per heavy atom. The van der Waals surface area contributed by atoms with Gasteiger partial charge in [0.2, 0.25) is 0 Å². The average molecular weight is 374 g/mol. The molecule has 0 aliphatic carbocycles. The smallest absolute Gasteiger partial charge is 0.415 e. The van der Waals surface area contributed by atoms with Crippen LogP contribution < -0.4 is 4.90 Å². The molecular formula is C24H26N2O2. The number of ether oxygens (including phenoxy) is 1. The number of hydrogen-bond donors (Lipinski definition) is 0. The van der Waals surface area contributed by atoms with Crippen molar-refractivity contribution in [1.82, 2.24) is 4.98 Å². The standard InChI is InChI=1S/C24H26N2O2/c1-24(2,3)28-23(27)26(18-20-12-8-5-9-13-20)22-15-21(16-25-17-22)14-19-10-6-4-7-11-19/h4-13,15-17H,14,18H2,1-3H3. The first-order chi connectivity index (χ1) is 13.4. The molecule has 28 heavy (non-hydrogen) atoms. The molecule has 0 unspecified atom stereocenters. The highest BCUT2D eigenvalue weighted by Crippen LogP contribution is 2.22. The lowest BCUT2D eigenvalue weighted by Gasteiger charge is -2.27. The van der Waals surface area contributed by atoms with Gasteiger partial charge in [0.25, 0.3) is 0 Å². The molecule has 2 aromatic carbocycles. The van der Waals surface area contributed by atoms with Gasteiger partial charge in [0.1, 0.15) is 5.60 Å². The highest BCUT2D eigenvalue weighted by molar-refractivity contribution is 5.87. The van der Waals surface area contributed by atoms with Crippen LogP contribution in [-0.4, -0.2) is 16.7 Å². The average Bonchev–Trinajstić information content (AvgIpc) is 2.66. The van der Waals surface area contributed by atoms with Gasteiger partial charge in [-0.25, -0.2) is 4.79 Å². The predicted molar refractivity (Wildman–Crippen MR) is 112 cm³/mol. The van der Waals surface area contributed by atoms with E-state index >= 15 is 0 Å². The molecule has 0 saturated carbocycles. The van der Waals surface area contributed by atoms with Crippen LogP contribution in [0.4, 0.5) is 10.5 Å². The van der Waals surface area contributed by atoms with Gasteiger partial charge < -0.3 is 4.74 Å². The van der Waals surface area contributed by atoms with E-state index in [0.717, 1.165) is 23.2 Å². The number of carbonyl (C=O) groups is 1. The number of benzene rings is 2. The molecular weight excluding hydrogens is 348 g/mol. The maximum Gasteiger partial charge on any atom is 0.415 e. The zero-order valence-corrected chi connectivity index (χ0v) is 16.6. The van der Waals surface area contributed by atoms with Crippen molar-refractivity contribution in [2.45, 2.75) is 39.3 Å². The number of aromatic nitrogens is 1. The molecule has 1 heterocycles. The summed E-state index contributed by atoms with van der Waals surface area (Å²) in [7, 11) is 0. The molecule has 0 saturated heterocycles. The summed E-state index contributed by atoms with van der Waals surface area (Å²) in [6.07, 6.45) is 3.93. The van der Waals surface area contributed by atoms with Crippen LogP contribution in [0.1, 0.15) is 37.5 Å². The van der Waals surface area contributed by atoms with Crippen molar-refractivity contribution in [3.05, 3.63) is 95.8 Å². The van der Waals surface area contributed by atoms with E-state index in [0.29, 0.717) is 6.54 Å². The van der Waals surface area contributed by atoms with Crippen molar-refractivity contribution in [3.63, 3.8) is 0 Å². The molecule has 0 N–H and O–H groups in total. The van der Waals surface area contributed by atoms with Gasteiger partial charge in [-0.15, -0.1) is 0 Å².